The first kappa shape index (κ1) is 17.7. The second-order valence-electron chi connectivity index (χ2n) is 5.21. The quantitative estimate of drug-likeness (QED) is 0.476. The van der Waals surface area contributed by atoms with Crippen LogP contribution in [0.2, 0.25) is 0 Å². The molecule has 1 aromatic rings. The van der Waals surface area contributed by atoms with Crippen molar-refractivity contribution in [1.82, 2.24) is 4.72 Å². The molecule has 0 bridgehead atoms. The molecule has 0 aliphatic carbocycles. The van der Waals surface area contributed by atoms with Crippen molar-refractivity contribution in [2.75, 3.05) is 37.9 Å². The van der Waals surface area contributed by atoms with Crippen LogP contribution in [0.4, 0.5) is 11.4 Å². The number of hydrogen-bond acceptors (Lipinski definition) is 5. The molecule has 0 heterocycles. The molecule has 0 fully saturated rings. The second kappa shape index (κ2) is 8.21. The summed E-state index contributed by atoms with van der Waals surface area (Å²) in [5, 5.41) is 3.11. The van der Waals surface area contributed by atoms with Gasteiger partial charge in [0.05, 0.1) is 5.69 Å². The summed E-state index contributed by atoms with van der Waals surface area (Å²) in [7, 11) is -2.16. The van der Waals surface area contributed by atoms with Crippen LogP contribution in [0.25, 0.3) is 0 Å². The summed E-state index contributed by atoms with van der Waals surface area (Å²) in [6, 6.07) is 4.80. The van der Waals surface area contributed by atoms with E-state index in [1.54, 1.807) is 12.1 Å². The van der Waals surface area contributed by atoms with Crippen LogP contribution in [0.1, 0.15) is 20.3 Å². The maximum absolute atomic E-state index is 12.0. The summed E-state index contributed by atoms with van der Waals surface area (Å²) in [6.07, 6.45) is 0.802. The molecule has 0 aliphatic heterocycles. The Morgan fingerprint density at radius 1 is 1.33 bits per heavy atom. The highest BCUT2D eigenvalue weighted by Crippen LogP contribution is 2.23. The van der Waals surface area contributed by atoms with Crippen molar-refractivity contribution in [2.45, 2.75) is 25.2 Å². The van der Waals surface area contributed by atoms with Crippen LogP contribution in [0.5, 0.6) is 0 Å². The van der Waals surface area contributed by atoms with Crippen molar-refractivity contribution in [2.24, 2.45) is 5.92 Å². The third kappa shape index (κ3) is 5.91. The van der Waals surface area contributed by atoms with Gasteiger partial charge in [0.2, 0.25) is 10.0 Å². The SMILES string of the molecule is CNS(=O)(=O)c1cc(N)ccc1NCCCOCC(C)C. The molecule has 1 aromatic carbocycles. The molecule has 0 aromatic heterocycles. The van der Waals surface area contributed by atoms with Gasteiger partial charge in [-0.25, -0.2) is 13.1 Å². The van der Waals surface area contributed by atoms with Crippen molar-refractivity contribution in [3.8, 4) is 0 Å². The highest BCUT2D eigenvalue weighted by molar-refractivity contribution is 7.89. The van der Waals surface area contributed by atoms with E-state index in [1.807, 2.05) is 0 Å². The van der Waals surface area contributed by atoms with Crippen LogP contribution in [0.15, 0.2) is 23.1 Å². The predicted molar refractivity (Wildman–Crippen MR) is 85.9 cm³/mol. The minimum absolute atomic E-state index is 0.160. The Morgan fingerprint density at radius 3 is 2.67 bits per heavy atom. The lowest BCUT2D eigenvalue weighted by Gasteiger charge is -2.13. The van der Waals surface area contributed by atoms with Crippen molar-refractivity contribution in [3.05, 3.63) is 18.2 Å². The number of hydrogen-bond donors (Lipinski definition) is 3. The highest BCUT2D eigenvalue weighted by atomic mass is 32.2. The monoisotopic (exact) mass is 315 g/mol. The van der Waals surface area contributed by atoms with E-state index in [1.165, 1.54) is 13.1 Å². The largest absolute Gasteiger partial charge is 0.399 e. The van der Waals surface area contributed by atoms with E-state index in [0.29, 0.717) is 30.4 Å². The Bertz CT molecular complexity index is 544. The van der Waals surface area contributed by atoms with E-state index in [4.69, 9.17) is 10.5 Å². The first-order valence-corrected chi connectivity index (χ1v) is 8.50. The Kier molecular flexibility index (Phi) is 6.94. The second-order valence-corrected chi connectivity index (χ2v) is 7.07. The standard InChI is InChI=1S/C14H25N3O3S/c1-11(2)10-20-8-4-7-17-13-6-5-12(15)9-14(13)21(18,19)16-3/h5-6,9,11,16-17H,4,7-8,10,15H2,1-3H3. The molecule has 0 radical (unpaired) electrons. The summed E-state index contributed by atoms with van der Waals surface area (Å²) in [4.78, 5) is 0.160. The van der Waals surface area contributed by atoms with Crippen molar-refractivity contribution in [3.63, 3.8) is 0 Å². The van der Waals surface area contributed by atoms with Gasteiger partial charge in [0.25, 0.3) is 0 Å². The molecule has 0 spiro atoms. The van der Waals surface area contributed by atoms with Crippen LogP contribution in [-0.4, -0.2) is 35.2 Å². The summed E-state index contributed by atoms with van der Waals surface area (Å²) >= 11 is 0. The van der Waals surface area contributed by atoms with Crippen LogP contribution in [0, 0.1) is 5.92 Å². The minimum atomic E-state index is -3.53. The van der Waals surface area contributed by atoms with Gasteiger partial charge in [-0.05, 0) is 37.6 Å². The van der Waals surface area contributed by atoms with Crippen LogP contribution < -0.4 is 15.8 Å². The van der Waals surface area contributed by atoms with Crippen molar-refractivity contribution in [1.29, 1.82) is 0 Å². The molecule has 1 rings (SSSR count). The van der Waals surface area contributed by atoms with Gasteiger partial charge in [-0.3, -0.25) is 0 Å². The molecule has 120 valence electrons. The van der Waals surface area contributed by atoms with E-state index in [2.05, 4.69) is 23.9 Å². The fraction of sp³-hybridized carbons (Fsp3) is 0.571. The van der Waals surface area contributed by atoms with Gasteiger partial charge in [0.15, 0.2) is 0 Å². The normalized spacial score (nSPS) is 11.8. The zero-order valence-corrected chi connectivity index (χ0v) is 13.7. The average Bonchev–Trinajstić information content (AvgIpc) is 2.43. The smallest absolute Gasteiger partial charge is 0.242 e. The number of nitrogen functional groups attached to an aromatic ring is 1. The van der Waals surface area contributed by atoms with E-state index in [0.717, 1.165) is 13.0 Å². The Labute approximate surface area is 127 Å². The van der Waals surface area contributed by atoms with Gasteiger partial charge in [-0.15, -0.1) is 0 Å². The summed E-state index contributed by atoms with van der Waals surface area (Å²) < 4.78 is 31.7. The van der Waals surface area contributed by atoms with Gasteiger partial charge >= 0.3 is 0 Å². The van der Waals surface area contributed by atoms with Crippen LogP contribution >= 0.6 is 0 Å². The Morgan fingerprint density at radius 2 is 2.05 bits per heavy atom. The first-order valence-electron chi connectivity index (χ1n) is 7.01. The lowest BCUT2D eigenvalue weighted by atomic mass is 10.2. The van der Waals surface area contributed by atoms with Crippen LogP contribution in [0.3, 0.4) is 0 Å². The molecular weight excluding hydrogens is 290 g/mol. The lowest BCUT2D eigenvalue weighted by Crippen LogP contribution is -2.21. The molecule has 6 nitrogen and oxygen atoms in total. The summed E-state index contributed by atoms with van der Waals surface area (Å²) in [6.45, 7) is 6.22. The lowest BCUT2D eigenvalue weighted by molar-refractivity contribution is 0.110. The maximum atomic E-state index is 12.0. The number of anilines is 2. The van der Waals surface area contributed by atoms with Gasteiger partial charge in [0.1, 0.15) is 4.90 Å². The number of nitrogens with one attached hydrogen (secondary N) is 2. The third-order valence-electron chi connectivity index (χ3n) is 2.80. The predicted octanol–water partition coefficient (Wildman–Crippen LogP) is 1.65. The fourth-order valence-electron chi connectivity index (χ4n) is 1.73. The number of nitrogens with two attached hydrogens (primary N) is 1. The number of benzene rings is 1. The first-order chi connectivity index (χ1) is 9.86. The molecular formula is C14H25N3O3S. The summed E-state index contributed by atoms with van der Waals surface area (Å²) in [5.41, 5.74) is 6.62. The van der Waals surface area contributed by atoms with Crippen molar-refractivity contribution >= 4 is 21.4 Å². The average molecular weight is 315 g/mol. The van der Waals surface area contributed by atoms with E-state index in [9.17, 15) is 8.42 Å². The number of sulfonamides is 1. The Hall–Kier alpha value is -1.31. The number of ether oxygens (including phenoxy) is 1. The Balaban J connectivity index is 2.59. The molecule has 0 aliphatic rings. The third-order valence-corrected chi connectivity index (χ3v) is 4.25. The molecule has 0 atom stereocenters. The molecule has 7 heteroatoms. The molecule has 21 heavy (non-hydrogen) atoms. The van der Waals surface area contributed by atoms with E-state index in [-0.39, 0.29) is 4.90 Å². The highest BCUT2D eigenvalue weighted by Gasteiger charge is 2.16. The fourth-order valence-corrected chi connectivity index (χ4v) is 2.67. The zero-order chi connectivity index (χ0) is 15.9. The molecule has 0 saturated heterocycles. The molecule has 0 saturated carbocycles. The van der Waals surface area contributed by atoms with Gasteiger partial charge in [-0.2, -0.15) is 0 Å². The molecule has 4 N–H and O–H groups in total. The maximum Gasteiger partial charge on any atom is 0.242 e. The van der Waals surface area contributed by atoms with E-state index < -0.39 is 10.0 Å². The topological polar surface area (TPSA) is 93.5 Å². The number of rotatable bonds is 9. The minimum Gasteiger partial charge on any atom is -0.399 e. The van der Waals surface area contributed by atoms with Gasteiger partial charge in [-0.1, -0.05) is 13.8 Å². The zero-order valence-electron chi connectivity index (χ0n) is 12.8. The van der Waals surface area contributed by atoms with Crippen LogP contribution in [-0.2, 0) is 14.8 Å². The molecule has 0 unspecified atom stereocenters. The van der Waals surface area contributed by atoms with E-state index >= 15 is 0 Å². The molecule has 0 amide bonds. The van der Waals surface area contributed by atoms with Gasteiger partial charge < -0.3 is 15.8 Å². The summed E-state index contributed by atoms with van der Waals surface area (Å²) in [5.74, 6) is 0.516. The van der Waals surface area contributed by atoms with Crippen molar-refractivity contribution < 1.29 is 13.2 Å². The van der Waals surface area contributed by atoms with Gasteiger partial charge in [0, 0.05) is 25.4 Å².